The van der Waals surface area contributed by atoms with E-state index in [2.05, 4.69) is 45.2 Å². The van der Waals surface area contributed by atoms with Gasteiger partial charge in [0.05, 0.1) is 0 Å². The summed E-state index contributed by atoms with van der Waals surface area (Å²) in [5.74, 6) is 0.490. The van der Waals surface area contributed by atoms with Crippen molar-refractivity contribution < 1.29 is 0 Å². The highest BCUT2D eigenvalue weighted by Gasteiger charge is 2.31. The Kier molecular flexibility index (Phi) is 2.56. The van der Waals surface area contributed by atoms with E-state index in [0.29, 0.717) is 5.92 Å². The summed E-state index contributed by atoms with van der Waals surface area (Å²) in [6.45, 7) is 12.3. The molecule has 0 aromatic carbocycles. The van der Waals surface area contributed by atoms with Gasteiger partial charge in [-0.2, -0.15) is 0 Å². The monoisotopic (exact) mass is 162 g/mol. The molecule has 0 aromatic heterocycles. The molecule has 1 rings (SSSR count). The smallest absolute Gasteiger partial charge is 0.00597 e. The molecule has 12 heavy (non-hydrogen) atoms. The van der Waals surface area contributed by atoms with Crippen molar-refractivity contribution in [2.24, 2.45) is 11.3 Å². The summed E-state index contributed by atoms with van der Waals surface area (Å²) in [5, 5.41) is 0. The molecule has 1 aliphatic carbocycles. The van der Waals surface area contributed by atoms with Gasteiger partial charge in [-0.15, -0.1) is 6.58 Å². The molecule has 0 aromatic rings. The van der Waals surface area contributed by atoms with E-state index in [4.69, 9.17) is 0 Å². The van der Waals surface area contributed by atoms with Crippen LogP contribution in [0.5, 0.6) is 0 Å². The molecule has 0 spiro atoms. The maximum absolute atomic E-state index is 4.02. The molecule has 0 aliphatic heterocycles. The zero-order valence-electron chi connectivity index (χ0n) is 8.14. The molecule has 0 nitrogen and oxygen atoms in total. The summed E-state index contributed by atoms with van der Waals surface area (Å²) in [6, 6.07) is 0. The van der Waals surface area contributed by atoms with Crippen LogP contribution in [-0.2, 0) is 0 Å². The zero-order chi connectivity index (χ0) is 9.19. The number of hydrogen-bond donors (Lipinski definition) is 0. The van der Waals surface area contributed by atoms with Crippen molar-refractivity contribution in [2.45, 2.75) is 26.7 Å². The maximum atomic E-state index is 4.02. The molecular weight excluding hydrogens is 144 g/mol. The third kappa shape index (κ3) is 1.52. The Morgan fingerprint density at radius 2 is 2.33 bits per heavy atom. The van der Waals surface area contributed by atoms with E-state index in [1.165, 1.54) is 18.4 Å². The van der Waals surface area contributed by atoms with E-state index in [1.54, 1.807) is 0 Å². The molecule has 0 unspecified atom stereocenters. The highest BCUT2D eigenvalue weighted by Crippen LogP contribution is 2.41. The van der Waals surface area contributed by atoms with Crippen LogP contribution in [0.2, 0.25) is 0 Å². The Balaban J connectivity index is 2.93. The van der Waals surface area contributed by atoms with Crippen LogP contribution in [0.25, 0.3) is 0 Å². The highest BCUT2D eigenvalue weighted by molar-refractivity contribution is 5.19. The number of rotatable bonds is 2. The van der Waals surface area contributed by atoms with Crippen molar-refractivity contribution in [3.05, 3.63) is 37.0 Å². The molecule has 1 aliphatic rings. The highest BCUT2D eigenvalue weighted by atomic mass is 14.3. The van der Waals surface area contributed by atoms with E-state index in [9.17, 15) is 0 Å². The van der Waals surface area contributed by atoms with E-state index < -0.39 is 0 Å². The van der Waals surface area contributed by atoms with Crippen LogP contribution in [0.4, 0.5) is 0 Å². The first-order chi connectivity index (χ1) is 5.60. The first-order valence-electron chi connectivity index (χ1n) is 4.56. The first kappa shape index (κ1) is 9.31. The van der Waals surface area contributed by atoms with Gasteiger partial charge in [0, 0.05) is 5.92 Å². The summed E-state index contributed by atoms with van der Waals surface area (Å²) in [5.41, 5.74) is 1.48. The molecule has 0 bridgehead atoms. The van der Waals surface area contributed by atoms with Gasteiger partial charge >= 0.3 is 0 Å². The van der Waals surface area contributed by atoms with Gasteiger partial charge in [0.25, 0.3) is 0 Å². The van der Waals surface area contributed by atoms with Gasteiger partial charge in [-0.05, 0) is 25.2 Å². The van der Waals surface area contributed by atoms with Gasteiger partial charge in [-0.3, -0.25) is 0 Å². The Hall–Kier alpha value is -0.780. The Labute approximate surface area is 75.7 Å². The standard InChI is InChI=1S/C12H18/c1-5-12(4)9-7-6-8-11(12)10(2)3/h5-6,8,11H,1-2,7,9H2,3-4H3/t11-,12+/m0/s1. The zero-order valence-corrected chi connectivity index (χ0v) is 8.14. The molecular formula is C12H18. The van der Waals surface area contributed by atoms with Gasteiger partial charge in [0.2, 0.25) is 0 Å². The lowest BCUT2D eigenvalue weighted by atomic mass is 9.68. The quantitative estimate of drug-likeness (QED) is 0.543. The lowest BCUT2D eigenvalue weighted by molar-refractivity contribution is 0.307. The molecule has 0 saturated carbocycles. The molecule has 0 amide bonds. The summed E-state index contributed by atoms with van der Waals surface area (Å²) < 4.78 is 0. The number of allylic oxidation sites excluding steroid dienone is 4. The predicted molar refractivity (Wildman–Crippen MR) is 55.0 cm³/mol. The summed E-state index contributed by atoms with van der Waals surface area (Å²) in [7, 11) is 0. The summed E-state index contributed by atoms with van der Waals surface area (Å²) in [6.07, 6.45) is 8.98. The van der Waals surface area contributed by atoms with Crippen LogP contribution in [-0.4, -0.2) is 0 Å². The second kappa shape index (κ2) is 3.30. The second-order valence-electron chi connectivity index (χ2n) is 4.00. The molecule has 66 valence electrons. The average Bonchev–Trinajstić information content (AvgIpc) is 2.05. The average molecular weight is 162 g/mol. The second-order valence-corrected chi connectivity index (χ2v) is 4.00. The molecule has 0 fully saturated rings. The van der Waals surface area contributed by atoms with Crippen molar-refractivity contribution in [3.63, 3.8) is 0 Å². The van der Waals surface area contributed by atoms with Gasteiger partial charge < -0.3 is 0 Å². The van der Waals surface area contributed by atoms with Crippen molar-refractivity contribution in [2.75, 3.05) is 0 Å². The molecule has 0 heterocycles. The van der Waals surface area contributed by atoms with E-state index in [0.717, 1.165) is 0 Å². The van der Waals surface area contributed by atoms with Gasteiger partial charge in [0.1, 0.15) is 0 Å². The largest absolute Gasteiger partial charge is 0.102 e. The molecule has 0 saturated heterocycles. The minimum Gasteiger partial charge on any atom is -0.102 e. The van der Waals surface area contributed by atoms with Crippen molar-refractivity contribution in [3.8, 4) is 0 Å². The minimum absolute atomic E-state index is 0.237. The van der Waals surface area contributed by atoms with Gasteiger partial charge in [0.15, 0.2) is 0 Å². The van der Waals surface area contributed by atoms with E-state index in [1.807, 2.05) is 0 Å². The van der Waals surface area contributed by atoms with Crippen LogP contribution in [0.15, 0.2) is 37.0 Å². The third-order valence-corrected chi connectivity index (χ3v) is 2.89. The van der Waals surface area contributed by atoms with Crippen molar-refractivity contribution >= 4 is 0 Å². The topological polar surface area (TPSA) is 0 Å². The van der Waals surface area contributed by atoms with Crippen LogP contribution in [0.1, 0.15) is 26.7 Å². The van der Waals surface area contributed by atoms with Crippen LogP contribution < -0.4 is 0 Å². The van der Waals surface area contributed by atoms with Crippen molar-refractivity contribution in [1.82, 2.24) is 0 Å². The normalized spacial score (nSPS) is 34.7. The summed E-state index contributed by atoms with van der Waals surface area (Å²) >= 11 is 0. The fourth-order valence-electron chi connectivity index (χ4n) is 1.96. The Morgan fingerprint density at radius 1 is 1.67 bits per heavy atom. The van der Waals surface area contributed by atoms with Crippen LogP contribution >= 0.6 is 0 Å². The van der Waals surface area contributed by atoms with Crippen LogP contribution in [0.3, 0.4) is 0 Å². The van der Waals surface area contributed by atoms with E-state index in [-0.39, 0.29) is 5.41 Å². The van der Waals surface area contributed by atoms with Gasteiger partial charge in [-0.25, -0.2) is 0 Å². The molecule has 0 heteroatoms. The third-order valence-electron chi connectivity index (χ3n) is 2.89. The first-order valence-corrected chi connectivity index (χ1v) is 4.56. The van der Waals surface area contributed by atoms with Gasteiger partial charge in [-0.1, -0.05) is 37.3 Å². The maximum Gasteiger partial charge on any atom is 0.00597 e. The Morgan fingerprint density at radius 3 is 2.75 bits per heavy atom. The molecule has 2 atom stereocenters. The summed E-state index contributed by atoms with van der Waals surface area (Å²) in [4.78, 5) is 0. The SMILES string of the molecule is C=C[C@]1(C)CCC=C[C@H]1C(=C)C. The fourth-order valence-corrected chi connectivity index (χ4v) is 1.96. The predicted octanol–water partition coefficient (Wildman–Crippen LogP) is 3.72. The Bertz CT molecular complexity index is 222. The molecule has 0 N–H and O–H groups in total. The van der Waals surface area contributed by atoms with E-state index >= 15 is 0 Å². The lowest BCUT2D eigenvalue weighted by Crippen LogP contribution is -2.26. The van der Waals surface area contributed by atoms with Crippen molar-refractivity contribution in [1.29, 1.82) is 0 Å². The molecule has 0 radical (unpaired) electrons. The number of hydrogen-bond acceptors (Lipinski definition) is 0. The fraction of sp³-hybridized carbons (Fsp3) is 0.500. The van der Waals surface area contributed by atoms with Crippen LogP contribution in [0, 0.1) is 11.3 Å². The lowest BCUT2D eigenvalue weighted by Gasteiger charge is -2.36. The minimum atomic E-state index is 0.237.